The molecule has 0 aliphatic carbocycles. The summed E-state index contributed by atoms with van der Waals surface area (Å²) >= 11 is 0. The number of hydrogen-bond acceptors (Lipinski definition) is 4. The predicted octanol–water partition coefficient (Wildman–Crippen LogP) is 1.83. The summed E-state index contributed by atoms with van der Waals surface area (Å²) in [6, 6.07) is 4.98. The number of hydrogen-bond donors (Lipinski definition) is 1. The molecule has 0 unspecified atom stereocenters. The Labute approximate surface area is 100 Å². The third-order valence-electron chi connectivity index (χ3n) is 2.03. The summed E-state index contributed by atoms with van der Waals surface area (Å²) in [5.41, 5.74) is 3.62. The van der Waals surface area contributed by atoms with E-state index in [1.807, 2.05) is 0 Å². The highest BCUT2D eigenvalue weighted by atomic mass is 16.5. The van der Waals surface area contributed by atoms with Gasteiger partial charge >= 0.3 is 0 Å². The van der Waals surface area contributed by atoms with Gasteiger partial charge in [0.2, 0.25) is 0 Å². The first-order valence-corrected chi connectivity index (χ1v) is 5.11. The summed E-state index contributed by atoms with van der Waals surface area (Å²) < 4.78 is 10.2. The van der Waals surface area contributed by atoms with Crippen molar-refractivity contribution in [3.63, 3.8) is 0 Å². The van der Waals surface area contributed by atoms with E-state index in [-0.39, 0.29) is 5.91 Å². The highest BCUT2D eigenvalue weighted by Gasteiger charge is 2.12. The molecule has 0 fully saturated rings. The molecule has 0 saturated heterocycles. The Morgan fingerprint density at radius 2 is 1.94 bits per heavy atom. The van der Waals surface area contributed by atoms with E-state index in [1.54, 1.807) is 39.2 Å². The summed E-state index contributed by atoms with van der Waals surface area (Å²) in [4.78, 5) is 11.8. The van der Waals surface area contributed by atoms with Crippen molar-refractivity contribution < 1.29 is 14.3 Å². The van der Waals surface area contributed by atoms with Crippen LogP contribution in [0.25, 0.3) is 0 Å². The molecule has 0 aliphatic rings. The van der Waals surface area contributed by atoms with E-state index in [2.05, 4.69) is 10.5 Å². The van der Waals surface area contributed by atoms with Crippen LogP contribution in [-0.2, 0) is 0 Å². The molecule has 0 aromatic heterocycles. The van der Waals surface area contributed by atoms with E-state index in [0.29, 0.717) is 17.1 Å². The molecule has 5 nitrogen and oxygen atoms in total. The third kappa shape index (κ3) is 3.48. The molecule has 1 N–H and O–H groups in total. The van der Waals surface area contributed by atoms with Crippen molar-refractivity contribution in [1.29, 1.82) is 0 Å². The number of benzene rings is 1. The van der Waals surface area contributed by atoms with Crippen LogP contribution in [0.15, 0.2) is 23.3 Å². The zero-order chi connectivity index (χ0) is 12.8. The average Bonchev–Trinajstić information content (AvgIpc) is 2.34. The minimum Gasteiger partial charge on any atom is -0.497 e. The van der Waals surface area contributed by atoms with Crippen molar-refractivity contribution in [2.45, 2.75) is 13.8 Å². The van der Waals surface area contributed by atoms with Crippen molar-refractivity contribution in [2.24, 2.45) is 5.10 Å². The minimum atomic E-state index is -0.314. The molecule has 0 radical (unpaired) electrons. The topological polar surface area (TPSA) is 59.9 Å². The number of carbonyl (C=O) groups excluding carboxylic acids is 1. The maximum absolute atomic E-state index is 11.8. The molecule has 17 heavy (non-hydrogen) atoms. The van der Waals surface area contributed by atoms with Crippen molar-refractivity contribution in [3.05, 3.63) is 23.8 Å². The molecule has 0 saturated carbocycles. The van der Waals surface area contributed by atoms with Gasteiger partial charge in [-0.15, -0.1) is 0 Å². The minimum absolute atomic E-state index is 0.314. The van der Waals surface area contributed by atoms with Gasteiger partial charge in [-0.25, -0.2) is 5.43 Å². The Morgan fingerprint density at radius 3 is 2.47 bits per heavy atom. The van der Waals surface area contributed by atoms with Crippen molar-refractivity contribution in [3.8, 4) is 11.5 Å². The van der Waals surface area contributed by atoms with Gasteiger partial charge < -0.3 is 9.47 Å². The number of nitrogens with zero attached hydrogens (tertiary/aromatic N) is 1. The highest BCUT2D eigenvalue weighted by molar-refractivity contribution is 5.97. The highest BCUT2D eigenvalue weighted by Crippen LogP contribution is 2.24. The molecule has 0 bridgehead atoms. The molecule has 0 aliphatic heterocycles. The van der Waals surface area contributed by atoms with Crippen molar-refractivity contribution >= 4 is 11.6 Å². The van der Waals surface area contributed by atoms with Gasteiger partial charge in [-0.1, -0.05) is 0 Å². The monoisotopic (exact) mass is 236 g/mol. The second kappa shape index (κ2) is 5.89. The first-order chi connectivity index (χ1) is 8.08. The number of hydrazone groups is 1. The maximum Gasteiger partial charge on any atom is 0.275 e. The number of ether oxygens (including phenoxy) is 2. The van der Waals surface area contributed by atoms with Crippen LogP contribution in [0.2, 0.25) is 0 Å². The van der Waals surface area contributed by atoms with Crippen LogP contribution < -0.4 is 14.9 Å². The molecule has 1 aromatic carbocycles. The van der Waals surface area contributed by atoms with Crippen LogP contribution >= 0.6 is 0 Å². The van der Waals surface area contributed by atoms with Crippen LogP contribution in [0, 0.1) is 0 Å². The number of rotatable bonds is 4. The van der Waals surface area contributed by atoms with Gasteiger partial charge in [0.1, 0.15) is 11.5 Å². The number of carbonyl (C=O) groups is 1. The Kier molecular flexibility index (Phi) is 4.51. The molecule has 1 aromatic rings. The quantitative estimate of drug-likeness (QED) is 0.641. The molecule has 1 amide bonds. The smallest absolute Gasteiger partial charge is 0.275 e. The standard InChI is InChI=1S/C12H16N2O3/c1-8(2)13-14-12(15)10-6-5-9(16-3)7-11(10)17-4/h5-7H,1-4H3,(H,14,15). The summed E-state index contributed by atoms with van der Waals surface area (Å²) in [6.45, 7) is 3.59. The molecule has 0 spiro atoms. The largest absolute Gasteiger partial charge is 0.497 e. The van der Waals surface area contributed by atoms with E-state index in [1.165, 1.54) is 7.11 Å². The van der Waals surface area contributed by atoms with E-state index >= 15 is 0 Å². The summed E-state index contributed by atoms with van der Waals surface area (Å²) in [7, 11) is 3.05. The van der Waals surface area contributed by atoms with E-state index < -0.39 is 0 Å². The van der Waals surface area contributed by atoms with Gasteiger partial charge in [0.25, 0.3) is 5.91 Å². The SMILES string of the molecule is COc1ccc(C(=O)NN=C(C)C)c(OC)c1. The zero-order valence-corrected chi connectivity index (χ0v) is 10.4. The van der Waals surface area contributed by atoms with Crippen LogP contribution in [0.4, 0.5) is 0 Å². The van der Waals surface area contributed by atoms with Crippen LogP contribution in [0.1, 0.15) is 24.2 Å². The van der Waals surface area contributed by atoms with Gasteiger partial charge in [0.15, 0.2) is 0 Å². The lowest BCUT2D eigenvalue weighted by atomic mass is 10.2. The molecule has 92 valence electrons. The Morgan fingerprint density at radius 1 is 1.24 bits per heavy atom. The Hall–Kier alpha value is -2.04. The van der Waals surface area contributed by atoms with E-state index in [4.69, 9.17) is 9.47 Å². The number of nitrogens with one attached hydrogen (secondary N) is 1. The fraction of sp³-hybridized carbons (Fsp3) is 0.333. The van der Waals surface area contributed by atoms with E-state index in [9.17, 15) is 4.79 Å². The Balaban J connectivity index is 2.97. The van der Waals surface area contributed by atoms with Gasteiger partial charge in [-0.2, -0.15) is 5.10 Å². The first-order valence-electron chi connectivity index (χ1n) is 5.11. The second-order valence-electron chi connectivity index (χ2n) is 3.57. The lowest BCUT2D eigenvalue weighted by Gasteiger charge is -2.09. The van der Waals surface area contributed by atoms with Gasteiger partial charge in [0.05, 0.1) is 19.8 Å². The molecular formula is C12H16N2O3. The lowest BCUT2D eigenvalue weighted by molar-refractivity contribution is 0.0951. The van der Waals surface area contributed by atoms with Crippen molar-refractivity contribution in [2.75, 3.05) is 14.2 Å². The van der Waals surface area contributed by atoms with Crippen LogP contribution in [-0.4, -0.2) is 25.8 Å². The van der Waals surface area contributed by atoms with Gasteiger partial charge in [-0.3, -0.25) is 4.79 Å². The van der Waals surface area contributed by atoms with Gasteiger partial charge in [-0.05, 0) is 26.0 Å². The molecular weight excluding hydrogens is 220 g/mol. The summed E-state index contributed by atoms with van der Waals surface area (Å²) in [5.74, 6) is 0.769. The first kappa shape index (κ1) is 13.0. The average molecular weight is 236 g/mol. The molecule has 0 atom stereocenters. The lowest BCUT2D eigenvalue weighted by Crippen LogP contribution is -2.19. The van der Waals surface area contributed by atoms with Crippen LogP contribution in [0.5, 0.6) is 11.5 Å². The molecule has 1 rings (SSSR count). The summed E-state index contributed by atoms with van der Waals surface area (Å²) in [6.07, 6.45) is 0. The second-order valence-corrected chi connectivity index (χ2v) is 3.57. The van der Waals surface area contributed by atoms with Crippen molar-refractivity contribution in [1.82, 2.24) is 5.43 Å². The fourth-order valence-electron chi connectivity index (χ4n) is 1.21. The maximum atomic E-state index is 11.8. The van der Waals surface area contributed by atoms with Gasteiger partial charge in [0, 0.05) is 11.8 Å². The molecule has 0 heterocycles. The normalized spacial score (nSPS) is 9.41. The molecule has 5 heteroatoms. The summed E-state index contributed by atoms with van der Waals surface area (Å²) in [5, 5.41) is 3.85. The Bertz CT molecular complexity index is 437. The van der Waals surface area contributed by atoms with E-state index in [0.717, 1.165) is 5.71 Å². The fourth-order valence-corrected chi connectivity index (χ4v) is 1.21. The zero-order valence-electron chi connectivity index (χ0n) is 10.4. The number of methoxy groups -OCH3 is 2. The number of amides is 1. The van der Waals surface area contributed by atoms with Crippen LogP contribution in [0.3, 0.4) is 0 Å². The third-order valence-corrected chi connectivity index (χ3v) is 2.03. The predicted molar refractivity (Wildman–Crippen MR) is 65.8 cm³/mol.